The van der Waals surface area contributed by atoms with Gasteiger partial charge in [-0.15, -0.1) is 0 Å². The van der Waals surface area contributed by atoms with Gasteiger partial charge in [-0.1, -0.05) is 86.6 Å². The maximum absolute atomic E-state index is 13.7. The molecule has 2 aromatic heterocycles. The van der Waals surface area contributed by atoms with E-state index in [-0.39, 0.29) is 29.8 Å². The molecule has 4 heterocycles. The van der Waals surface area contributed by atoms with Crippen LogP contribution in [0.4, 0.5) is 4.79 Å². The number of hydrogen-bond acceptors (Lipinski definition) is 6. The first-order valence-electron chi connectivity index (χ1n) is 20.2. The van der Waals surface area contributed by atoms with E-state index in [9.17, 15) is 14.4 Å². The molecule has 9 rings (SSSR count). The molecule has 58 heavy (non-hydrogen) atoms. The van der Waals surface area contributed by atoms with Gasteiger partial charge in [0.05, 0.1) is 48.5 Å². The van der Waals surface area contributed by atoms with Gasteiger partial charge in [-0.25, -0.2) is 14.8 Å². The first-order valence-corrected chi connectivity index (χ1v) is 20.2. The van der Waals surface area contributed by atoms with Crippen LogP contribution >= 0.6 is 0 Å². The summed E-state index contributed by atoms with van der Waals surface area (Å²) in [6.07, 6.45) is 5.18. The summed E-state index contributed by atoms with van der Waals surface area (Å²) < 4.78 is 4.79. The highest BCUT2D eigenvalue weighted by Crippen LogP contribution is 2.37. The number of amides is 3. The Morgan fingerprint density at radius 1 is 0.776 bits per heavy atom. The minimum Gasteiger partial charge on any atom is -0.453 e. The van der Waals surface area contributed by atoms with E-state index in [1.807, 2.05) is 60.2 Å². The Bertz CT molecular complexity index is 2670. The van der Waals surface area contributed by atoms with Gasteiger partial charge >= 0.3 is 6.09 Å². The molecule has 3 atom stereocenters. The third kappa shape index (κ3) is 7.05. The molecule has 0 saturated carbocycles. The second-order valence-corrected chi connectivity index (χ2v) is 15.9. The molecule has 0 spiro atoms. The lowest BCUT2D eigenvalue weighted by molar-refractivity contribution is -0.135. The highest BCUT2D eigenvalue weighted by atomic mass is 16.5. The number of benzene rings is 5. The molecule has 3 N–H and O–H groups in total. The fourth-order valence-corrected chi connectivity index (χ4v) is 8.82. The number of aromatic nitrogens is 4. The molecular weight excluding hydrogens is 727 g/mol. The van der Waals surface area contributed by atoms with Crippen LogP contribution in [0, 0.1) is 5.92 Å². The monoisotopic (exact) mass is 773 g/mol. The summed E-state index contributed by atoms with van der Waals surface area (Å²) in [7, 11) is 1.30. The Kier molecular flexibility index (Phi) is 9.89. The second kappa shape index (κ2) is 15.5. The van der Waals surface area contributed by atoms with Crippen LogP contribution in [0.2, 0.25) is 0 Å². The Balaban J connectivity index is 0.925. The van der Waals surface area contributed by atoms with Crippen LogP contribution in [0.1, 0.15) is 68.8 Å². The van der Waals surface area contributed by atoms with E-state index in [2.05, 4.69) is 82.0 Å². The van der Waals surface area contributed by atoms with Gasteiger partial charge in [-0.05, 0) is 88.7 Å². The van der Waals surface area contributed by atoms with Gasteiger partial charge in [-0.3, -0.25) is 9.59 Å². The van der Waals surface area contributed by atoms with Gasteiger partial charge in [0.1, 0.15) is 17.7 Å². The van der Waals surface area contributed by atoms with Gasteiger partial charge in [0, 0.05) is 24.0 Å². The number of imidazole rings is 2. The average Bonchev–Trinajstić information content (AvgIpc) is 4.08. The van der Waals surface area contributed by atoms with E-state index in [0.29, 0.717) is 13.0 Å². The van der Waals surface area contributed by atoms with Crippen LogP contribution in [0.3, 0.4) is 0 Å². The third-order valence-electron chi connectivity index (χ3n) is 11.9. The van der Waals surface area contributed by atoms with Crippen molar-refractivity contribution in [3.05, 3.63) is 120 Å². The number of carbonyl (C=O) groups excluding carboxylic acids is 3. The molecule has 7 aromatic rings. The Morgan fingerprint density at radius 3 is 2.17 bits per heavy atom. The van der Waals surface area contributed by atoms with Crippen molar-refractivity contribution < 1.29 is 19.1 Å². The molecule has 3 amide bonds. The lowest BCUT2D eigenvalue weighted by Gasteiger charge is -2.29. The predicted octanol–water partition coefficient (Wildman–Crippen LogP) is 8.88. The van der Waals surface area contributed by atoms with Gasteiger partial charge in [0.2, 0.25) is 11.8 Å². The lowest BCUT2D eigenvalue weighted by Crippen LogP contribution is -2.51. The molecule has 2 saturated heterocycles. The Morgan fingerprint density at radius 2 is 1.43 bits per heavy atom. The van der Waals surface area contributed by atoms with E-state index >= 15 is 0 Å². The summed E-state index contributed by atoms with van der Waals surface area (Å²) in [6.45, 7) is 5.19. The first kappa shape index (κ1) is 37.1. The number of nitrogens with one attached hydrogen (secondary N) is 3. The van der Waals surface area contributed by atoms with Crippen molar-refractivity contribution >= 4 is 50.5 Å². The maximum Gasteiger partial charge on any atom is 0.407 e. The number of aromatic amines is 2. The number of rotatable bonds is 9. The average molecular weight is 774 g/mol. The van der Waals surface area contributed by atoms with Gasteiger partial charge < -0.3 is 29.8 Å². The van der Waals surface area contributed by atoms with Crippen molar-refractivity contribution in [3.8, 4) is 22.4 Å². The number of likely N-dealkylation sites (tertiary alicyclic amines) is 2. The van der Waals surface area contributed by atoms with E-state index in [4.69, 9.17) is 14.7 Å². The third-order valence-corrected chi connectivity index (χ3v) is 11.9. The molecule has 2 aliphatic heterocycles. The van der Waals surface area contributed by atoms with Gasteiger partial charge in [0.15, 0.2) is 0 Å². The number of nitrogens with zero attached hydrogens (tertiary/aromatic N) is 4. The normalized spacial score (nSPS) is 17.4. The summed E-state index contributed by atoms with van der Waals surface area (Å²) in [5, 5.41) is 7.11. The zero-order valence-electron chi connectivity index (χ0n) is 33.0. The van der Waals surface area contributed by atoms with Crippen LogP contribution in [0.25, 0.3) is 55.0 Å². The number of ether oxygens (including phenoxy) is 1. The van der Waals surface area contributed by atoms with Crippen molar-refractivity contribution in [2.75, 3.05) is 20.2 Å². The summed E-state index contributed by atoms with van der Waals surface area (Å²) in [5.41, 5.74) is 7.04. The number of carbonyl (C=O) groups is 3. The minimum atomic E-state index is -0.684. The number of fused-ring (bicyclic) bond motifs is 4. The molecule has 0 bridgehead atoms. The SMILES string of the molecule is COC(=O)N[C@H](C(=O)N1CCC[C@H]1c1nc2c(ccc3cc(-c4ccc5cc(-c6cnc([C@@H]7CCCN7C(=O)Cc7ccccc7)[nH]6)ccc5c4)ccc32)[nH]1)C(C)C. The van der Waals surface area contributed by atoms with E-state index < -0.39 is 12.1 Å². The number of methoxy groups -OCH3 is 1. The zero-order valence-corrected chi connectivity index (χ0v) is 33.0. The van der Waals surface area contributed by atoms with Crippen LogP contribution in [0.5, 0.6) is 0 Å². The molecule has 0 radical (unpaired) electrons. The summed E-state index contributed by atoms with van der Waals surface area (Å²) in [6, 6.07) is 32.7. The van der Waals surface area contributed by atoms with Crippen LogP contribution in [-0.2, 0) is 20.7 Å². The maximum atomic E-state index is 13.7. The van der Waals surface area contributed by atoms with Crippen LogP contribution < -0.4 is 5.32 Å². The molecule has 2 aliphatic rings. The van der Waals surface area contributed by atoms with Crippen molar-refractivity contribution in [1.82, 2.24) is 35.1 Å². The van der Waals surface area contributed by atoms with Crippen molar-refractivity contribution in [3.63, 3.8) is 0 Å². The summed E-state index contributed by atoms with van der Waals surface area (Å²) in [5.74, 6) is 1.50. The van der Waals surface area contributed by atoms with Gasteiger partial charge in [-0.2, -0.15) is 0 Å². The number of hydrogen-bond donors (Lipinski definition) is 3. The quantitative estimate of drug-likeness (QED) is 0.134. The first-order chi connectivity index (χ1) is 28.2. The largest absolute Gasteiger partial charge is 0.453 e. The number of alkyl carbamates (subject to hydrolysis) is 1. The molecule has 0 unspecified atom stereocenters. The molecule has 11 nitrogen and oxygen atoms in total. The Hall–Kier alpha value is -6.49. The fourth-order valence-electron chi connectivity index (χ4n) is 8.82. The summed E-state index contributed by atoms with van der Waals surface area (Å²) in [4.78, 5) is 59.7. The fraction of sp³-hybridized carbons (Fsp3) is 0.298. The highest BCUT2D eigenvalue weighted by molar-refractivity contribution is 6.05. The van der Waals surface area contributed by atoms with Gasteiger partial charge in [0.25, 0.3) is 0 Å². The van der Waals surface area contributed by atoms with Crippen molar-refractivity contribution in [1.29, 1.82) is 0 Å². The molecule has 2 fully saturated rings. The van der Waals surface area contributed by atoms with E-state index in [0.717, 1.165) is 104 Å². The molecule has 11 heteroatoms. The Labute approximate surface area is 336 Å². The number of H-pyrrole nitrogens is 2. The smallest absolute Gasteiger partial charge is 0.407 e. The standard InChI is InChI=1S/C47H47N7O4/c1-28(2)42(52-47(57)58-3)46(56)54-22-8-12-40(54)45-49-37-20-18-34-25-33(17-19-36(34)43(37)51-45)30-13-14-32-26-35(16-15-31(32)24-30)38-27-48-44(50-38)39-11-7-21-53(39)41(55)23-29-9-5-4-6-10-29/h4-6,9-10,13-20,24-28,39-40,42H,7-8,11-12,21-23H2,1-3H3,(H,48,50)(H,49,51)(H,52,57)/t39-,40-,42-/m0/s1. The van der Waals surface area contributed by atoms with E-state index in [1.165, 1.54) is 7.11 Å². The molecule has 0 aliphatic carbocycles. The predicted molar refractivity (Wildman–Crippen MR) is 226 cm³/mol. The van der Waals surface area contributed by atoms with Crippen LogP contribution in [0.15, 0.2) is 103 Å². The zero-order chi connectivity index (χ0) is 39.9. The van der Waals surface area contributed by atoms with Crippen LogP contribution in [-0.4, -0.2) is 73.9 Å². The van der Waals surface area contributed by atoms with Crippen molar-refractivity contribution in [2.45, 2.75) is 64.1 Å². The molecular formula is C47H47N7O4. The van der Waals surface area contributed by atoms with Crippen molar-refractivity contribution in [2.24, 2.45) is 5.92 Å². The molecule has 5 aromatic carbocycles. The summed E-state index contributed by atoms with van der Waals surface area (Å²) >= 11 is 0. The lowest BCUT2D eigenvalue weighted by atomic mass is 9.97. The topological polar surface area (TPSA) is 136 Å². The second-order valence-electron chi connectivity index (χ2n) is 15.9. The van der Waals surface area contributed by atoms with E-state index in [1.54, 1.807) is 0 Å². The highest BCUT2D eigenvalue weighted by Gasteiger charge is 2.38. The molecule has 294 valence electrons. The minimum absolute atomic E-state index is 0.0460.